The van der Waals surface area contributed by atoms with E-state index < -0.39 is 5.92 Å². The molecule has 2 aromatic carbocycles. The smallest absolute Gasteiger partial charge is 0.289 e. The minimum Gasteiger partial charge on any atom is -0.457 e. The Morgan fingerprint density at radius 2 is 1.60 bits per heavy atom. The molecule has 1 aliphatic carbocycles. The van der Waals surface area contributed by atoms with E-state index in [1.165, 1.54) is 4.90 Å². The number of carbonyl (C=O) groups is 3. The highest BCUT2D eigenvalue weighted by Gasteiger charge is 2.42. The monoisotopic (exact) mass is 422 g/mol. The molecule has 5 rings (SSSR count). The number of fused-ring (bicyclic) bond motifs is 2. The van der Waals surface area contributed by atoms with Crippen LogP contribution in [-0.4, -0.2) is 39.8 Å². The first-order chi connectivity index (χ1) is 14.6. The molecule has 2 aromatic rings. The third-order valence-electron chi connectivity index (χ3n) is 6.12. The standard InChI is InChI=1S/C23H22N2O4S/c26-20-13-30-23(28)25(20)17-10-4-3-9-16(17)24-22(27)21-14-7-1-5-11-18(14)29-19-12-6-2-8-15(19)21/h1-2,5-8,11-12,16-17,21H,3-4,9-10,13H2,(H,24,27)/t16-,17+/m1/s1. The minimum absolute atomic E-state index is 0.123. The summed E-state index contributed by atoms with van der Waals surface area (Å²) in [5.41, 5.74) is 1.65. The van der Waals surface area contributed by atoms with Crippen molar-refractivity contribution in [1.82, 2.24) is 10.2 Å². The van der Waals surface area contributed by atoms with E-state index >= 15 is 0 Å². The normalized spacial score (nSPS) is 23.5. The van der Waals surface area contributed by atoms with Crippen LogP contribution in [0.5, 0.6) is 11.5 Å². The van der Waals surface area contributed by atoms with Crippen LogP contribution >= 0.6 is 11.8 Å². The van der Waals surface area contributed by atoms with Gasteiger partial charge in [-0.05, 0) is 25.0 Å². The van der Waals surface area contributed by atoms with Crippen molar-refractivity contribution in [3.05, 3.63) is 59.7 Å². The summed E-state index contributed by atoms with van der Waals surface area (Å²) in [5, 5.41) is 2.99. The zero-order valence-electron chi connectivity index (χ0n) is 16.4. The van der Waals surface area contributed by atoms with Crippen molar-refractivity contribution in [3.63, 3.8) is 0 Å². The van der Waals surface area contributed by atoms with Crippen LogP contribution in [0.4, 0.5) is 4.79 Å². The van der Waals surface area contributed by atoms with E-state index in [0.717, 1.165) is 48.6 Å². The fourth-order valence-corrected chi connectivity index (χ4v) is 5.49. The second-order valence-corrected chi connectivity index (χ2v) is 8.82. The van der Waals surface area contributed by atoms with Gasteiger partial charge < -0.3 is 10.1 Å². The van der Waals surface area contributed by atoms with Gasteiger partial charge in [-0.25, -0.2) is 0 Å². The Balaban J connectivity index is 1.45. The largest absolute Gasteiger partial charge is 0.457 e. The van der Waals surface area contributed by atoms with Crippen LogP contribution < -0.4 is 10.1 Å². The molecule has 0 spiro atoms. The molecule has 6 nitrogen and oxygen atoms in total. The van der Waals surface area contributed by atoms with E-state index in [1.807, 2.05) is 48.5 Å². The maximum absolute atomic E-state index is 13.6. The predicted molar refractivity (Wildman–Crippen MR) is 114 cm³/mol. The van der Waals surface area contributed by atoms with Gasteiger partial charge in [0, 0.05) is 17.2 Å². The van der Waals surface area contributed by atoms with Crippen LogP contribution in [0.2, 0.25) is 0 Å². The van der Waals surface area contributed by atoms with Crippen molar-refractivity contribution in [2.24, 2.45) is 0 Å². The second-order valence-electron chi connectivity index (χ2n) is 7.90. The van der Waals surface area contributed by atoms with E-state index in [-0.39, 0.29) is 34.9 Å². The third kappa shape index (κ3) is 3.27. The number of nitrogens with zero attached hydrogens (tertiary/aromatic N) is 1. The molecule has 1 saturated heterocycles. The van der Waals surface area contributed by atoms with Crippen LogP contribution in [0, 0.1) is 0 Å². The summed E-state index contributed by atoms with van der Waals surface area (Å²) < 4.78 is 6.00. The maximum atomic E-state index is 13.6. The van der Waals surface area contributed by atoms with Gasteiger partial charge in [-0.1, -0.05) is 61.0 Å². The fourth-order valence-electron chi connectivity index (χ4n) is 4.73. The molecular formula is C23H22N2O4S. The first-order valence-electron chi connectivity index (χ1n) is 10.3. The van der Waals surface area contributed by atoms with Gasteiger partial charge in [0.2, 0.25) is 11.8 Å². The molecule has 2 atom stereocenters. The first kappa shape index (κ1) is 19.2. The molecule has 1 saturated carbocycles. The molecule has 154 valence electrons. The Kier molecular flexibility index (Phi) is 4.98. The molecule has 2 fully saturated rings. The molecule has 0 unspecified atom stereocenters. The fraction of sp³-hybridized carbons (Fsp3) is 0.348. The highest BCUT2D eigenvalue weighted by molar-refractivity contribution is 8.14. The number of para-hydroxylation sites is 2. The highest BCUT2D eigenvalue weighted by Crippen LogP contribution is 2.44. The van der Waals surface area contributed by atoms with Crippen molar-refractivity contribution in [2.45, 2.75) is 43.7 Å². The molecule has 0 aromatic heterocycles. The highest BCUT2D eigenvalue weighted by atomic mass is 32.2. The maximum Gasteiger partial charge on any atom is 0.289 e. The molecule has 0 bridgehead atoms. The zero-order valence-corrected chi connectivity index (χ0v) is 17.2. The lowest BCUT2D eigenvalue weighted by molar-refractivity contribution is -0.129. The summed E-state index contributed by atoms with van der Waals surface area (Å²) in [6.07, 6.45) is 3.39. The summed E-state index contributed by atoms with van der Waals surface area (Å²) in [6, 6.07) is 14.6. The quantitative estimate of drug-likeness (QED) is 0.808. The molecule has 30 heavy (non-hydrogen) atoms. The van der Waals surface area contributed by atoms with Crippen LogP contribution in [0.3, 0.4) is 0 Å². The average molecular weight is 423 g/mol. The summed E-state index contributed by atoms with van der Waals surface area (Å²) in [7, 11) is 0. The average Bonchev–Trinajstić information content (AvgIpc) is 3.10. The third-order valence-corrected chi connectivity index (χ3v) is 6.95. The van der Waals surface area contributed by atoms with Crippen LogP contribution in [0.1, 0.15) is 42.7 Å². The minimum atomic E-state index is -0.493. The number of amides is 3. The van der Waals surface area contributed by atoms with Gasteiger partial charge in [-0.3, -0.25) is 19.3 Å². The lowest BCUT2D eigenvalue weighted by Gasteiger charge is -2.38. The number of ether oxygens (including phenoxy) is 1. The van der Waals surface area contributed by atoms with Crippen LogP contribution in [0.25, 0.3) is 0 Å². The summed E-state index contributed by atoms with van der Waals surface area (Å²) in [4.78, 5) is 39.5. The van der Waals surface area contributed by atoms with E-state index in [0.29, 0.717) is 11.5 Å². The predicted octanol–water partition coefficient (Wildman–Crippen LogP) is 4.05. The molecule has 3 aliphatic rings. The van der Waals surface area contributed by atoms with Crippen molar-refractivity contribution < 1.29 is 19.1 Å². The first-order valence-corrected chi connectivity index (χ1v) is 11.3. The molecule has 7 heteroatoms. The van der Waals surface area contributed by atoms with Gasteiger partial charge in [0.05, 0.1) is 17.7 Å². The second kappa shape index (κ2) is 7.80. The molecular weight excluding hydrogens is 400 g/mol. The lowest BCUT2D eigenvalue weighted by Crippen LogP contribution is -2.55. The number of hydrogen-bond donors (Lipinski definition) is 1. The molecule has 2 aliphatic heterocycles. The zero-order chi connectivity index (χ0) is 20.7. The number of hydrogen-bond acceptors (Lipinski definition) is 5. The Hall–Kier alpha value is -2.80. The number of carbonyl (C=O) groups excluding carboxylic acids is 3. The van der Waals surface area contributed by atoms with E-state index in [2.05, 4.69) is 5.32 Å². The number of nitrogens with one attached hydrogen (secondary N) is 1. The summed E-state index contributed by atoms with van der Waals surface area (Å²) in [5.74, 6) is 0.778. The summed E-state index contributed by atoms with van der Waals surface area (Å²) >= 11 is 1.05. The Morgan fingerprint density at radius 3 is 2.23 bits per heavy atom. The van der Waals surface area contributed by atoms with E-state index in [9.17, 15) is 14.4 Å². The van der Waals surface area contributed by atoms with E-state index in [1.54, 1.807) is 0 Å². The SMILES string of the molecule is O=C(N[C@@H]1CCCC[C@@H]1N1C(=O)CSC1=O)C1c2ccccc2Oc2ccccc21. The van der Waals surface area contributed by atoms with Crippen molar-refractivity contribution in [1.29, 1.82) is 0 Å². The van der Waals surface area contributed by atoms with Gasteiger partial charge in [0.25, 0.3) is 5.24 Å². The molecule has 3 amide bonds. The van der Waals surface area contributed by atoms with Gasteiger partial charge in [0.15, 0.2) is 0 Å². The topological polar surface area (TPSA) is 75.7 Å². The molecule has 1 N–H and O–H groups in total. The number of imide groups is 1. The van der Waals surface area contributed by atoms with Crippen molar-refractivity contribution in [3.8, 4) is 11.5 Å². The van der Waals surface area contributed by atoms with Gasteiger partial charge in [-0.2, -0.15) is 0 Å². The van der Waals surface area contributed by atoms with Crippen LogP contribution in [0.15, 0.2) is 48.5 Å². The van der Waals surface area contributed by atoms with Crippen molar-refractivity contribution in [2.75, 3.05) is 5.75 Å². The number of rotatable bonds is 3. The van der Waals surface area contributed by atoms with Gasteiger partial charge in [0.1, 0.15) is 11.5 Å². The van der Waals surface area contributed by atoms with Crippen LogP contribution in [-0.2, 0) is 9.59 Å². The van der Waals surface area contributed by atoms with Gasteiger partial charge >= 0.3 is 0 Å². The lowest BCUT2D eigenvalue weighted by atomic mass is 9.85. The molecule has 0 radical (unpaired) electrons. The summed E-state index contributed by atoms with van der Waals surface area (Å²) in [6.45, 7) is 0. The Bertz CT molecular complexity index is 962. The Morgan fingerprint density at radius 1 is 0.967 bits per heavy atom. The molecule has 2 heterocycles. The van der Waals surface area contributed by atoms with Crippen molar-refractivity contribution >= 4 is 28.8 Å². The van der Waals surface area contributed by atoms with Gasteiger partial charge in [-0.15, -0.1) is 0 Å². The van der Waals surface area contributed by atoms with E-state index in [4.69, 9.17) is 4.74 Å². The number of thioether (sulfide) groups is 1. The Labute approximate surface area is 179 Å². The number of benzene rings is 2.